The van der Waals surface area contributed by atoms with Crippen molar-refractivity contribution in [2.24, 2.45) is 0 Å². The molecule has 0 bridgehead atoms. The minimum atomic E-state index is -0.201. The highest BCUT2D eigenvalue weighted by Gasteiger charge is 2.19. The molecule has 0 radical (unpaired) electrons. The number of anilines is 1. The number of hydrogen-bond acceptors (Lipinski definition) is 4. The lowest BCUT2D eigenvalue weighted by molar-refractivity contribution is 0.304. The lowest BCUT2D eigenvalue weighted by Crippen LogP contribution is -2.24. The van der Waals surface area contributed by atoms with Gasteiger partial charge in [0.15, 0.2) is 5.75 Å². The van der Waals surface area contributed by atoms with Crippen LogP contribution in [0.5, 0.6) is 11.5 Å². The van der Waals surface area contributed by atoms with E-state index in [0.29, 0.717) is 24.6 Å². The van der Waals surface area contributed by atoms with Crippen molar-refractivity contribution >= 4 is 16.6 Å². The molecule has 1 aromatic carbocycles. The molecule has 0 aliphatic rings. The van der Waals surface area contributed by atoms with Crippen molar-refractivity contribution in [2.45, 2.75) is 59.9 Å². The largest absolute Gasteiger partial charge is 0.485 e. The third-order valence-electron chi connectivity index (χ3n) is 5.03. The van der Waals surface area contributed by atoms with Crippen LogP contribution in [0.2, 0.25) is 0 Å². The number of nitrogens with zero attached hydrogens (tertiary/aromatic N) is 1. The van der Waals surface area contributed by atoms with Gasteiger partial charge in [0, 0.05) is 17.6 Å². The van der Waals surface area contributed by atoms with Crippen LogP contribution < -0.4 is 20.8 Å². The molecule has 1 heterocycles. The van der Waals surface area contributed by atoms with Gasteiger partial charge in [-0.15, -0.1) is 0 Å². The van der Waals surface area contributed by atoms with Crippen molar-refractivity contribution in [3.8, 4) is 11.5 Å². The van der Waals surface area contributed by atoms with E-state index in [0.717, 1.165) is 36.6 Å². The molecule has 5 nitrogen and oxygen atoms in total. The second-order valence-electron chi connectivity index (χ2n) is 8.03. The van der Waals surface area contributed by atoms with Crippen LogP contribution in [0.4, 0.5) is 5.69 Å². The predicted octanol–water partition coefficient (Wildman–Crippen LogP) is 6.02. The van der Waals surface area contributed by atoms with Gasteiger partial charge in [0.05, 0.1) is 5.52 Å². The number of nitrogens with two attached hydrogens (primary N) is 1. The summed E-state index contributed by atoms with van der Waals surface area (Å²) in [6.07, 6.45) is 9.76. The summed E-state index contributed by atoms with van der Waals surface area (Å²) in [6, 6.07) is 5.55. The van der Waals surface area contributed by atoms with Crippen LogP contribution in [0.1, 0.15) is 53.4 Å². The van der Waals surface area contributed by atoms with Gasteiger partial charge in [-0.2, -0.15) is 0 Å². The summed E-state index contributed by atoms with van der Waals surface area (Å²) in [6.45, 7) is 13.3. The van der Waals surface area contributed by atoms with Crippen LogP contribution in [-0.2, 0) is 6.54 Å². The summed E-state index contributed by atoms with van der Waals surface area (Å²) in [4.78, 5) is 13.3. The highest BCUT2D eigenvalue weighted by Crippen LogP contribution is 2.34. The maximum Gasteiger partial charge on any atom is 0.297 e. The van der Waals surface area contributed by atoms with E-state index < -0.39 is 0 Å². The zero-order chi connectivity index (χ0) is 22.8. The van der Waals surface area contributed by atoms with Gasteiger partial charge < -0.3 is 19.8 Å². The first-order valence-corrected chi connectivity index (χ1v) is 11.0. The molecule has 0 fully saturated rings. The first kappa shape index (κ1) is 24.3. The van der Waals surface area contributed by atoms with Crippen molar-refractivity contribution in [2.75, 3.05) is 18.9 Å². The number of ether oxygens (including phenoxy) is 2. The average Bonchev–Trinajstić information content (AvgIpc) is 2.72. The topological polar surface area (TPSA) is 66.5 Å². The Morgan fingerprint density at radius 2 is 1.87 bits per heavy atom. The average molecular weight is 425 g/mol. The van der Waals surface area contributed by atoms with Crippen LogP contribution >= 0.6 is 0 Å². The van der Waals surface area contributed by atoms with Gasteiger partial charge in [0.1, 0.15) is 13.2 Å². The Balaban J connectivity index is 2.44. The molecule has 0 aliphatic carbocycles. The maximum absolute atomic E-state index is 13.3. The molecular formula is C26H36N2O3. The number of hydrogen-bond donors (Lipinski definition) is 1. The standard InChI is InChI=1S/C26H36N2O3/c1-6-8-15-28-23-18-21(27)12-13-22(23)24(25(26(28)29)30-16-7-2)31-17-14-20(5)11-9-10-19(3)4/h7,10,12-14,18H,2,6,8-9,11,15-17,27H2,1,3-5H3. The number of benzene rings is 1. The molecule has 0 atom stereocenters. The summed E-state index contributed by atoms with van der Waals surface area (Å²) in [5.41, 5.74) is 9.78. The minimum absolute atomic E-state index is 0.201. The van der Waals surface area contributed by atoms with Crippen molar-refractivity contribution in [3.63, 3.8) is 0 Å². The first-order chi connectivity index (χ1) is 14.9. The second-order valence-corrected chi connectivity index (χ2v) is 8.03. The summed E-state index contributed by atoms with van der Waals surface area (Å²) < 4.78 is 13.6. The van der Waals surface area contributed by atoms with Crippen molar-refractivity contribution in [3.05, 3.63) is 64.5 Å². The van der Waals surface area contributed by atoms with E-state index in [-0.39, 0.29) is 17.9 Å². The van der Waals surface area contributed by atoms with E-state index in [1.165, 1.54) is 11.1 Å². The molecule has 168 valence electrons. The van der Waals surface area contributed by atoms with E-state index in [9.17, 15) is 4.79 Å². The number of aryl methyl sites for hydroxylation is 1. The fraction of sp³-hybridized carbons (Fsp3) is 0.423. The maximum atomic E-state index is 13.3. The lowest BCUT2D eigenvalue weighted by Gasteiger charge is -2.18. The van der Waals surface area contributed by atoms with Gasteiger partial charge in [-0.3, -0.25) is 4.79 Å². The Labute approximate surface area is 185 Å². The molecule has 2 rings (SSSR count). The van der Waals surface area contributed by atoms with Gasteiger partial charge in [-0.1, -0.05) is 43.2 Å². The van der Waals surface area contributed by atoms with E-state index >= 15 is 0 Å². The number of aromatic nitrogens is 1. The predicted molar refractivity (Wildman–Crippen MR) is 131 cm³/mol. The van der Waals surface area contributed by atoms with Crippen molar-refractivity contribution in [1.82, 2.24) is 4.57 Å². The molecule has 0 saturated carbocycles. The van der Waals surface area contributed by atoms with Crippen LogP contribution in [0, 0.1) is 0 Å². The molecule has 0 spiro atoms. The van der Waals surface area contributed by atoms with E-state index in [4.69, 9.17) is 15.2 Å². The molecule has 0 aliphatic heterocycles. The Morgan fingerprint density at radius 1 is 1.13 bits per heavy atom. The van der Waals surface area contributed by atoms with Crippen LogP contribution in [-0.4, -0.2) is 17.8 Å². The molecule has 5 heteroatoms. The molecule has 0 saturated heterocycles. The number of unbranched alkanes of at least 4 members (excludes halogenated alkanes) is 1. The number of pyridine rings is 1. The molecule has 31 heavy (non-hydrogen) atoms. The Morgan fingerprint density at radius 3 is 2.55 bits per heavy atom. The zero-order valence-corrected chi connectivity index (χ0v) is 19.4. The van der Waals surface area contributed by atoms with E-state index in [1.807, 2.05) is 18.2 Å². The molecular weight excluding hydrogens is 388 g/mol. The van der Waals surface area contributed by atoms with E-state index in [2.05, 4.69) is 46.4 Å². The second kappa shape index (κ2) is 12.0. The fourth-order valence-electron chi connectivity index (χ4n) is 3.32. The number of nitrogen functional groups attached to an aromatic ring is 1. The van der Waals surface area contributed by atoms with Gasteiger partial charge in [-0.05, 0) is 64.3 Å². The summed E-state index contributed by atoms with van der Waals surface area (Å²) in [5, 5.41) is 0.819. The van der Waals surface area contributed by atoms with Crippen LogP contribution in [0.15, 0.2) is 58.9 Å². The van der Waals surface area contributed by atoms with Crippen molar-refractivity contribution in [1.29, 1.82) is 0 Å². The third kappa shape index (κ3) is 6.78. The highest BCUT2D eigenvalue weighted by atomic mass is 16.5. The van der Waals surface area contributed by atoms with Gasteiger partial charge >= 0.3 is 0 Å². The number of rotatable bonds is 12. The van der Waals surface area contributed by atoms with Gasteiger partial charge in [0.2, 0.25) is 5.75 Å². The lowest BCUT2D eigenvalue weighted by atomic mass is 10.1. The summed E-state index contributed by atoms with van der Waals surface area (Å²) in [7, 11) is 0. The molecule has 0 amide bonds. The number of fused-ring (bicyclic) bond motifs is 1. The van der Waals surface area contributed by atoms with Gasteiger partial charge in [0.25, 0.3) is 5.56 Å². The molecule has 2 aromatic rings. The Kier molecular flexibility index (Phi) is 9.44. The quantitative estimate of drug-likeness (QED) is 0.334. The van der Waals surface area contributed by atoms with Crippen LogP contribution in [0.3, 0.4) is 0 Å². The minimum Gasteiger partial charge on any atom is -0.485 e. The zero-order valence-electron chi connectivity index (χ0n) is 19.4. The molecule has 1 aromatic heterocycles. The SMILES string of the molecule is C=CCOc1c(OCC=C(C)CCC=C(C)C)c2ccc(N)cc2n(CCCC)c1=O. The van der Waals surface area contributed by atoms with Gasteiger partial charge in [-0.25, -0.2) is 0 Å². The van der Waals surface area contributed by atoms with Crippen LogP contribution in [0.25, 0.3) is 10.9 Å². The Hall–Kier alpha value is -2.95. The molecule has 0 unspecified atom stereocenters. The number of allylic oxidation sites excluding steroid dienone is 3. The Bertz CT molecular complexity index is 1010. The first-order valence-electron chi connectivity index (χ1n) is 11.0. The third-order valence-corrected chi connectivity index (χ3v) is 5.03. The summed E-state index contributed by atoms with van der Waals surface area (Å²) >= 11 is 0. The highest BCUT2D eigenvalue weighted by molar-refractivity contribution is 5.90. The van der Waals surface area contributed by atoms with Crippen molar-refractivity contribution < 1.29 is 9.47 Å². The summed E-state index contributed by atoms with van der Waals surface area (Å²) in [5.74, 6) is 0.687. The molecule has 2 N–H and O–H groups in total. The van der Waals surface area contributed by atoms with E-state index in [1.54, 1.807) is 10.6 Å². The normalized spacial score (nSPS) is 11.4. The fourth-order valence-corrected chi connectivity index (χ4v) is 3.32. The monoisotopic (exact) mass is 424 g/mol. The smallest absolute Gasteiger partial charge is 0.297 e.